The molecule has 2 saturated heterocycles. The van der Waals surface area contributed by atoms with Gasteiger partial charge in [-0.3, -0.25) is 4.79 Å². The number of amides is 1. The quantitative estimate of drug-likeness (QED) is 0.443. The van der Waals surface area contributed by atoms with Crippen LogP contribution >= 0.6 is 23.4 Å². The average Bonchev–Trinajstić information content (AvgIpc) is 3.43. The van der Waals surface area contributed by atoms with Crippen molar-refractivity contribution in [2.24, 2.45) is 5.92 Å². The minimum Gasteiger partial charge on any atom is -0.490 e. The number of carbonyl (C=O) groups excluding carboxylic acids is 1. The number of thioether (sulfide) groups is 1. The highest BCUT2D eigenvalue weighted by Gasteiger charge is 2.61. The minimum absolute atomic E-state index is 0.0235. The topological polar surface area (TPSA) is 72.9 Å². The van der Waals surface area contributed by atoms with Crippen LogP contribution < -0.4 is 4.74 Å². The van der Waals surface area contributed by atoms with Gasteiger partial charge in [-0.1, -0.05) is 11.6 Å². The molecule has 0 bridgehead atoms. The van der Waals surface area contributed by atoms with E-state index < -0.39 is 38.2 Å². The fraction of sp³-hybridized carbons (Fsp3) is 0.500. The molecule has 3 aliphatic rings. The fourth-order valence-corrected chi connectivity index (χ4v) is 9.12. The van der Waals surface area contributed by atoms with Gasteiger partial charge in [0.2, 0.25) is 5.91 Å². The molecule has 1 unspecified atom stereocenters. The van der Waals surface area contributed by atoms with Crippen LogP contribution in [0.25, 0.3) is 0 Å². The highest BCUT2D eigenvalue weighted by molar-refractivity contribution is 7.99. The van der Waals surface area contributed by atoms with Crippen molar-refractivity contribution >= 4 is 39.1 Å². The monoisotopic (exact) mass is 571 g/mol. The van der Waals surface area contributed by atoms with Crippen molar-refractivity contribution in [3.63, 3.8) is 0 Å². The van der Waals surface area contributed by atoms with Gasteiger partial charge >= 0.3 is 0 Å². The number of carbonyl (C=O) groups is 1. The van der Waals surface area contributed by atoms with E-state index in [1.807, 2.05) is 4.90 Å². The first-order chi connectivity index (χ1) is 17.8. The highest BCUT2D eigenvalue weighted by Crippen LogP contribution is 2.56. The fourth-order valence-electron chi connectivity index (χ4n) is 5.75. The van der Waals surface area contributed by atoms with E-state index in [2.05, 4.69) is 0 Å². The molecule has 2 aromatic rings. The third-order valence-electron chi connectivity index (χ3n) is 7.58. The number of hydrogen-bond donors (Lipinski definition) is 0. The maximum absolute atomic E-state index is 15.4. The Morgan fingerprint density at radius 1 is 1.11 bits per heavy atom. The molecule has 0 spiro atoms. The van der Waals surface area contributed by atoms with Crippen molar-refractivity contribution in [1.29, 1.82) is 0 Å². The number of sulfone groups is 1. The molecule has 1 amide bonds. The molecule has 37 heavy (non-hydrogen) atoms. The van der Waals surface area contributed by atoms with Crippen molar-refractivity contribution in [3.8, 4) is 5.75 Å². The van der Waals surface area contributed by atoms with Crippen LogP contribution in [-0.4, -0.2) is 63.1 Å². The number of fused-ring (bicyclic) bond motifs is 3. The van der Waals surface area contributed by atoms with E-state index in [1.165, 1.54) is 36.0 Å². The number of benzene rings is 2. The predicted molar refractivity (Wildman–Crippen MR) is 138 cm³/mol. The molecule has 2 fully saturated rings. The van der Waals surface area contributed by atoms with E-state index in [1.54, 1.807) is 0 Å². The van der Waals surface area contributed by atoms with Gasteiger partial charge in [-0.05, 0) is 67.8 Å². The maximum atomic E-state index is 15.4. The van der Waals surface area contributed by atoms with Crippen LogP contribution in [0.3, 0.4) is 0 Å². The van der Waals surface area contributed by atoms with Gasteiger partial charge in [0.15, 0.2) is 21.4 Å². The van der Waals surface area contributed by atoms with Crippen LogP contribution in [0, 0.1) is 17.6 Å². The van der Waals surface area contributed by atoms with E-state index in [9.17, 15) is 17.6 Å². The number of halogens is 3. The summed E-state index contributed by atoms with van der Waals surface area (Å²) in [4.78, 5) is 14.2. The standard InChI is InChI=1S/C26H28ClF2NO5S2/c27-17-3-5-18(6-4-17)37(32,33)26-10-13-34-22(9-14-36-16-23(31)30-11-1-2-12-30)19(26)15-35-25-21(29)8-7-20(28)24(25)26/h3-8,19,22H,1-2,9-16H2/t19?,22-,26-/m0/s1. The third kappa shape index (κ3) is 4.75. The second kappa shape index (κ2) is 10.7. The largest absolute Gasteiger partial charge is 0.490 e. The smallest absolute Gasteiger partial charge is 0.232 e. The average molecular weight is 572 g/mol. The summed E-state index contributed by atoms with van der Waals surface area (Å²) in [6.45, 7) is 1.50. The Labute approximate surface area is 224 Å². The Morgan fingerprint density at radius 2 is 1.81 bits per heavy atom. The van der Waals surface area contributed by atoms with E-state index in [0.717, 1.165) is 38.1 Å². The van der Waals surface area contributed by atoms with E-state index >= 15 is 4.39 Å². The summed E-state index contributed by atoms with van der Waals surface area (Å²) < 4.78 is 68.7. The van der Waals surface area contributed by atoms with Crippen LogP contribution in [0.1, 0.15) is 31.2 Å². The van der Waals surface area contributed by atoms with Gasteiger partial charge in [0.1, 0.15) is 10.6 Å². The van der Waals surface area contributed by atoms with Crippen molar-refractivity contribution in [1.82, 2.24) is 4.90 Å². The SMILES string of the molecule is O=C(CSCC[C@@H]1OCC[C@@]2(S(=O)(=O)c3ccc(Cl)cc3)c3c(F)ccc(F)c3OCC12)N1CCCC1. The number of nitrogens with zero attached hydrogens (tertiary/aromatic N) is 1. The van der Waals surface area contributed by atoms with Gasteiger partial charge in [0.05, 0.1) is 28.9 Å². The Kier molecular flexibility index (Phi) is 7.73. The predicted octanol–water partition coefficient (Wildman–Crippen LogP) is 4.83. The number of likely N-dealkylation sites (tertiary alicyclic amines) is 1. The molecule has 0 radical (unpaired) electrons. The van der Waals surface area contributed by atoms with Crippen LogP contribution in [-0.2, 0) is 24.1 Å². The minimum atomic E-state index is -4.23. The molecule has 0 aliphatic carbocycles. The van der Waals surface area contributed by atoms with E-state index in [0.29, 0.717) is 22.9 Å². The van der Waals surface area contributed by atoms with Crippen LogP contribution in [0.15, 0.2) is 41.3 Å². The Balaban J connectivity index is 1.46. The Bertz CT molecular complexity index is 1270. The first-order valence-electron chi connectivity index (χ1n) is 12.3. The van der Waals surface area contributed by atoms with Crippen LogP contribution in [0.5, 0.6) is 5.75 Å². The lowest BCUT2D eigenvalue weighted by molar-refractivity contribution is -0.127. The van der Waals surface area contributed by atoms with E-state index in [-0.39, 0.29) is 41.8 Å². The molecule has 3 heterocycles. The molecule has 6 nitrogen and oxygen atoms in total. The molecule has 0 N–H and O–H groups in total. The summed E-state index contributed by atoms with van der Waals surface area (Å²) in [5, 5.41) is 0.364. The lowest BCUT2D eigenvalue weighted by atomic mass is 9.75. The van der Waals surface area contributed by atoms with Crippen molar-refractivity contribution < 1.29 is 31.5 Å². The van der Waals surface area contributed by atoms with E-state index in [4.69, 9.17) is 21.1 Å². The lowest BCUT2D eigenvalue weighted by Crippen LogP contribution is -2.57. The number of ether oxygens (including phenoxy) is 2. The molecule has 11 heteroatoms. The Morgan fingerprint density at radius 3 is 2.54 bits per heavy atom. The zero-order valence-corrected chi connectivity index (χ0v) is 22.5. The van der Waals surface area contributed by atoms with Gasteiger partial charge in [0.25, 0.3) is 0 Å². The first kappa shape index (κ1) is 26.7. The molecule has 0 aromatic heterocycles. The second-order valence-electron chi connectivity index (χ2n) is 9.59. The molecular weight excluding hydrogens is 544 g/mol. The van der Waals surface area contributed by atoms with Gasteiger partial charge < -0.3 is 14.4 Å². The molecular formula is C26H28ClF2NO5S2. The summed E-state index contributed by atoms with van der Waals surface area (Å²) in [5.41, 5.74) is -0.274. The normalized spacial score (nSPS) is 25.3. The molecule has 200 valence electrons. The first-order valence-corrected chi connectivity index (χ1v) is 15.4. The molecule has 2 aromatic carbocycles. The third-order valence-corrected chi connectivity index (χ3v) is 11.4. The van der Waals surface area contributed by atoms with Crippen LogP contribution in [0.2, 0.25) is 5.02 Å². The zero-order chi connectivity index (χ0) is 26.2. The van der Waals surface area contributed by atoms with Crippen molar-refractivity contribution in [2.45, 2.75) is 41.4 Å². The number of hydrogen-bond acceptors (Lipinski definition) is 6. The highest BCUT2D eigenvalue weighted by atomic mass is 35.5. The molecule has 3 aliphatic heterocycles. The van der Waals surface area contributed by atoms with Gasteiger partial charge in [-0.15, -0.1) is 0 Å². The molecule has 3 atom stereocenters. The maximum Gasteiger partial charge on any atom is 0.232 e. The Hall–Kier alpha value is -1.88. The van der Waals surface area contributed by atoms with Gasteiger partial charge in [-0.2, -0.15) is 11.8 Å². The van der Waals surface area contributed by atoms with Gasteiger partial charge in [0, 0.05) is 30.6 Å². The van der Waals surface area contributed by atoms with Crippen molar-refractivity contribution in [2.75, 3.05) is 37.8 Å². The summed E-state index contributed by atoms with van der Waals surface area (Å²) in [7, 11) is -4.23. The summed E-state index contributed by atoms with van der Waals surface area (Å²) in [5.74, 6) is -1.79. The second-order valence-corrected chi connectivity index (χ2v) is 13.3. The molecule has 0 saturated carbocycles. The summed E-state index contributed by atoms with van der Waals surface area (Å²) in [6, 6.07) is 7.60. The summed E-state index contributed by atoms with van der Waals surface area (Å²) >= 11 is 7.46. The van der Waals surface area contributed by atoms with Crippen molar-refractivity contribution in [3.05, 3.63) is 58.6 Å². The van der Waals surface area contributed by atoms with Gasteiger partial charge in [-0.25, -0.2) is 17.2 Å². The summed E-state index contributed by atoms with van der Waals surface area (Å²) in [6.07, 6.45) is 1.86. The number of rotatable bonds is 7. The zero-order valence-electron chi connectivity index (χ0n) is 20.1. The lowest BCUT2D eigenvalue weighted by Gasteiger charge is -2.50. The molecule has 5 rings (SSSR count). The van der Waals surface area contributed by atoms with Crippen LogP contribution in [0.4, 0.5) is 8.78 Å².